The number of ether oxygens (including phenoxy) is 1. The lowest BCUT2D eigenvalue weighted by atomic mass is 10.1. The van der Waals surface area contributed by atoms with Crippen molar-refractivity contribution in [3.8, 4) is 5.75 Å². The number of amides is 1. The molecule has 2 aromatic carbocycles. The number of carbonyl (C=O) groups is 2. The number of carbonyl (C=O) groups excluding carboxylic acids is 1. The summed E-state index contributed by atoms with van der Waals surface area (Å²) in [6.07, 6.45) is 2.37. The Hall–Kier alpha value is -3.02. The molecular formula is C21H22N2O4. The van der Waals surface area contributed by atoms with Gasteiger partial charge in [-0.2, -0.15) is 0 Å². The monoisotopic (exact) mass is 366 g/mol. The third-order valence-corrected chi connectivity index (χ3v) is 5.33. The number of hydrogen-bond acceptors (Lipinski definition) is 4. The van der Waals surface area contributed by atoms with Gasteiger partial charge in [0.25, 0.3) is 0 Å². The lowest BCUT2D eigenvalue weighted by Gasteiger charge is -2.30. The van der Waals surface area contributed by atoms with Gasteiger partial charge in [0.05, 0.1) is 0 Å². The van der Waals surface area contributed by atoms with Crippen molar-refractivity contribution in [2.75, 3.05) is 24.5 Å². The van der Waals surface area contributed by atoms with Crippen LogP contribution in [0.4, 0.5) is 16.2 Å². The first-order valence-corrected chi connectivity index (χ1v) is 9.25. The van der Waals surface area contributed by atoms with Crippen molar-refractivity contribution in [3.05, 3.63) is 53.6 Å². The first kappa shape index (κ1) is 17.4. The van der Waals surface area contributed by atoms with Crippen molar-refractivity contribution in [2.45, 2.75) is 25.4 Å². The second-order valence-electron chi connectivity index (χ2n) is 6.95. The molecule has 0 aromatic heterocycles. The summed E-state index contributed by atoms with van der Waals surface area (Å²) in [5.74, 6) is 0.897. The quantitative estimate of drug-likeness (QED) is 0.835. The van der Waals surface area contributed by atoms with E-state index in [2.05, 4.69) is 11.0 Å². The zero-order valence-corrected chi connectivity index (χ0v) is 15.0. The van der Waals surface area contributed by atoms with Crippen LogP contribution in [0.2, 0.25) is 0 Å². The van der Waals surface area contributed by atoms with Gasteiger partial charge < -0.3 is 19.6 Å². The summed E-state index contributed by atoms with van der Waals surface area (Å²) in [6, 6.07) is 13.7. The van der Waals surface area contributed by atoms with Crippen molar-refractivity contribution in [3.63, 3.8) is 0 Å². The van der Waals surface area contributed by atoms with E-state index in [0.717, 1.165) is 36.4 Å². The third kappa shape index (κ3) is 3.47. The summed E-state index contributed by atoms with van der Waals surface area (Å²) in [7, 11) is 0. The smallest absolute Gasteiger partial charge is 0.407 e. The fourth-order valence-electron chi connectivity index (χ4n) is 3.86. The Bertz CT molecular complexity index is 842. The molecule has 1 saturated heterocycles. The van der Waals surface area contributed by atoms with Gasteiger partial charge in [0.2, 0.25) is 0 Å². The topological polar surface area (TPSA) is 70.1 Å². The van der Waals surface area contributed by atoms with E-state index in [9.17, 15) is 9.59 Å². The second-order valence-corrected chi connectivity index (χ2v) is 6.95. The van der Waals surface area contributed by atoms with Gasteiger partial charge >= 0.3 is 6.09 Å². The summed E-state index contributed by atoms with van der Waals surface area (Å²) in [4.78, 5) is 25.6. The molecule has 140 valence electrons. The maximum Gasteiger partial charge on any atom is 0.407 e. The van der Waals surface area contributed by atoms with Crippen LogP contribution < -0.4 is 9.64 Å². The van der Waals surface area contributed by atoms with Crippen molar-refractivity contribution >= 4 is 23.8 Å². The molecule has 0 saturated carbocycles. The number of carboxylic acid groups (broad SMARTS) is 1. The molecular weight excluding hydrogens is 344 g/mol. The molecule has 2 aliphatic rings. The molecule has 0 unspecified atom stereocenters. The molecule has 1 amide bonds. The van der Waals surface area contributed by atoms with E-state index in [-0.39, 0.29) is 6.10 Å². The lowest BCUT2D eigenvalue weighted by molar-refractivity contribution is 0.0890. The van der Waals surface area contributed by atoms with Gasteiger partial charge in [0.15, 0.2) is 0 Å². The number of aldehydes is 1. The van der Waals surface area contributed by atoms with E-state index in [1.807, 2.05) is 36.4 Å². The minimum atomic E-state index is -0.856. The molecule has 27 heavy (non-hydrogen) atoms. The van der Waals surface area contributed by atoms with Crippen LogP contribution in [0.3, 0.4) is 0 Å². The number of piperidine rings is 1. The molecule has 1 N–H and O–H groups in total. The highest BCUT2D eigenvalue weighted by Crippen LogP contribution is 2.40. The van der Waals surface area contributed by atoms with Gasteiger partial charge in [-0.1, -0.05) is 6.07 Å². The van der Waals surface area contributed by atoms with Gasteiger partial charge in [-0.3, -0.25) is 4.79 Å². The SMILES string of the molecule is O=Cc1ccc(N2CCc3c(OC4CCN(C(=O)O)CC4)cccc32)cc1. The van der Waals surface area contributed by atoms with Crippen molar-refractivity contribution in [1.82, 2.24) is 4.90 Å². The van der Waals surface area contributed by atoms with Crippen LogP contribution in [-0.2, 0) is 6.42 Å². The van der Waals surface area contributed by atoms with E-state index in [1.165, 1.54) is 10.5 Å². The number of nitrogens with zero attached hydrogens (tertiary/aromatic N) is 2. The molecule has 0 spiro atoms. The minimum absolute atomic E-state index is 0.0491. The number of benzene rings is 2. The normalized spacial score (nSPS) is 16.9. The van der Waals surface area contributed by atoms with Crippen molar-refractivity contribution in [2.24, 2.45) is 0 Å². The highest BCUT2D eigenvalue weighted by molar-refractivity contribution is 5.78. The van der Waals surface area contributed by atoms with Crippen LogP contribution in [0.5, 0.6) is 5.75 Å². The third-order valence-electron chi connectivity index (χ3n) is 5.33. The molecule has 0 aliphatic carbocycles. The maximum atomic E-state index is 11.0. The fourth-order valence-corrected chi connectivity index (χ4v) is 3.86. The standard InChI is InChI=1S/C21H22N2O4/c24-14-15-4-6-16(7-5-15)23-13-10-18-19(23)2-1-3-20(18)27-17-8-11-22(12-9-17)21(25)26/h1-7,14,17H,8-13H2,(H,25,26). The number of fused-ring (bicyclic) bond motifs is 1. The molecule has 1 fully saturated rings. The highest BCUT2D eigenvalue weighted by atomic mass is 16.5. The Morgan fingerprint density at radius 1 is 1.07 bits per heavy atom. The molecule has 0 bridgehead atoms. The average Bonchev–Trinajstić information content (AvgIpc) is 3.14. The van der Waals surface area contributed by atoms with E-state index < -0.39 is 6.09 Å². The number of hydrogen-bond donors (Lipinski definition) is 1. The Morgan fingerprint density at radius 2 is 1.81 bits per heavy atom. The zero-order chi connectivity index (χ0) is 18.8. The lowest BCUT2D eigenvalue weighted by Crippen LogP contribution is -2.41. The first-order chi connectivity index (χ1) is 13.2. The summed E-state index contributed by atoms with van der Waals surface area (Å²) in [5, 5.41) is 9.07. The summed E-state index contributed by atoms with van der Waals surface area (Å²) in [5.41, 5.74) is 4.06. The van der Waals surface area contributed by atoms with Gasteiger partial charge in [0.1, 0.15) is 18.1 Å². The Labute approximate surface area is 158 Å². The van der Waals surface area contributed by atoms with E-state index >= 15 is 0 Å². The van der Waals surface area contributed by atoms with Gasteiger partial charge in [-0.15, -0.1) is 0 Å². The summed E-state index contributed by atoms with van der Waals surface area (Å²) in [6.45, 7) is 1.90. The van der Waals surface area contributed by atoms with E-state index in [4.69, 9.17) is 9.84 Å². The molecule has 0 atom stereocenters. The Kier molecular flexibility index (Phi) is 4.71. The van der Waals surface area contributed by atoms with Gasteiger partial charge in [0, 0.05) is 55.0 Å². The van der Waals surface area contributed by atoms with Crippen molar-refractivity contribution < 1.29 is 19.4 Å². The highest BCUT2D eigenvalue weighted by Gasteiger charge is 2.27. The molecule has 2 aliphatic heterocycles. The van der Waals surface area contributed by atoms with Crippen molar-refractivity contribution in [1.29, 1.82) is 0 Å². The second kappa shape index (κ2) is 7.31. The number of rotatable bonds is 4. The molecule has 4 rings (SSSR count). The Balaban J connectivity index is 1.50. The molecule has 6 nitrogen and oxygen atoms in total. The largest absolute Gasteiger partial charge is 0.490 e. The predicted molar refractivity (Wildman–Crippen MR) is 102 cm³/mol. The number of likely N-dealkylation sites (tertiary alicyclic amines) is 1. The van der Waals surface area contributed by atoms with Gasteiger partial charge in [-0.05, 0) is 42.8 Å². The molecule has 2 aromatic rings. The first-order valence-electron chi connectivity index (χ1n) is 9.25. The summed E-state index contributed by atoms with van der Waals surface area (Å²) >= 11 is 0. The molecule has 6 heteroatoms. The van der Waals surface area contributed by atoms with Crippen LogP contribution in [0.1, 0.15) is 28.8 Å². The van der Waals surface area contributed by atoms with Crippen LogP contribution in [0, 0.1) is 0 Å². The molecule has 0 radical (unpaired) electrons. The molecule has 2 heterocycles. The zero-order valence-electron chi connectivity index (χ0n) is 15.0. The predicted octanol–water partition coefficient (Wildman–Crippen LogP) is 3.71. The summed E-state index contributed by atoms with van der Waals surface area (Å²) < 4.78 is 6.25. The average molecular weight is 366 g/mol. The van der Waals surface area contributed by atoms with Crippen LogP contribution in [0.25, 0.3) is 0 Å². The van der Waals surface area contributed by atoms with E-state index in [0.29, 0.717) is 31.5 Å². The Morgan fingerprint density at radius 3 is 2.48 bits per heavy atom. The van der Waals surface area contributed by atoms with E-state index in [1.54, 1.807) is 0 Å². The van der Waals surface area contributed by atoms with Gasteiger partial charge in [-0.25, -0.2) is 4.79 Å². The number of anilines is 2. The maximum absolute atomic E-state index is 11.0. The fraction of sp³-hybridized carbons (Fsp3) is 0.333. The minimum Gasteiger partial charge on any atom is -0.490 e. The van der Waals surface area contributed by atoms with Crippen LogP contribution >= 0.6 is 0 Å². The van der Waals surface area contributed by atoms with Crippen LogP contribution in [0.15, 0.2) is 42.5 Å². The van der Waals surface area contributed by atoms with Crippen LogP contribution in [-0.4, -0.2) is 48.1 Å².